The summed E-state index contributed by atoms with van der Waals surface area (Å²) in [5.74, 6) is 2.41. The average molecular weight is 341 g/mol. The lowest BCUT2D eigenvalue weighted by atomic mass is 10.1. The van der Waals surface area contributed by atoms with Crippen molar-refractivity contribution in [2.75, 3.05) is 27.3 Å². The first-order chi connectivity index (χ1) is 12.2. The summed E-state index contributed by atoms with van der Waals surface area (Å²) >= 11 is 0. The lowest BCUT2D eigenvalue weighted by molar-refractivity contribution is -0.131. The highest BCUT2D eigenvalue weighted by Crippen LogP contribution is 2.30. The van der Waals surface area contributed by atoms with Crippen LogP contribution in [0.3, 0.4) is 0 Å². The van der Waals surface area contributed by atoms with Crippen molar-refractivity contribution in [1.29, 1.82) is 0 Å². The number of amides is 1. The molecule has 5 nitrogen and oxygen atoms in total. The molecule has 1 aliphatic rings. The number of para-hydroxylation sites is 2. The van der Waals surface area contributed by atoms with Crippen LogP contribution in [0.5, 0.6) is 17.2 Å². The van der Waals surface area contributed by atoms with Crippen molar-refractivity contribution in [3.05, 3.63) is 54.1 Å². The van der Waals surface area contributed by atoms with E-state index in [0.29, 0.717) is 26.0 Å². The first-order valence-electron chi connectivity index (χ1n) is 8.41. The van der Waals surface area contributed by atoms with Gasteiger partial charge in [-0.05, 0) is 36.2 Å². The number of fused-ring (bicyclic) bond motifs is 1. The van der Waals surface area contributed by atoms with Gasteiger partial charge >= 0.3 is 0 Å². The molecule has 1 atom stereocenters. The number of hydrogen-bond donors (Lipinski definition) is 0. The molecule has 1 amide bonds. The van der Waals surface area contributed by atoms with Crippen molar-refractivity contribution < 1.29 is 19.0 Å². The maximum atomic E-state index is 12.4. The first-order valence-corrected chi connectivity index (χ1v) is 8.41. The number of methoxy groups -OCH3 is 1. The lowest BCUT2D eigenvalue weighted by Gasteiger charge is -2.29. The number of aryl methyl sites for hydroxylation is 1. The maximum absolute atomic E-state index is 12.4. The number of carbonyl (C=O) groups excluding carboxylic acids is 1. The summed E-state index contributed by atoms with van der Waals surface area (Å²) in [6.45, 7) is 0.961. The number of likely N-dealkylation sites (N-methyl/N-ethyl adjacent to an activating group) is 1. The van der Waals surface area contributed by atoms with E-state index in [1.807, 2.05) is 48.5 Å². The molecule has 0 aromatic heterocycles. The van der Waals surface area contributed by atoms with Crippen LogP contribution in [-0.4, -0.2) is 44.2 Å². The summed E-state index contributed by atoms with van der Waals surface area (Å²) in [4.78, 5) is 14.1. The molecule has 1 unspecified atom stereocenters. The van der Waals surface area contributed by atoms with Crippen LogP contribution in [0.25, 0.3) is 0 Å². The summed E-state index contributed by atoms with van der Waals surface area (Å²) in [6.07, 6.45) is 1.02. The number of nitrogens with zero attached hydrogens (tertiary/aromatic N) is 1. The molecule has 1 aliphatic heterocycles. The molecule has 1 heterocycles. The highest BCUT2D eigenvalue weighted by atomic mass is 16.6. The second-order valence-corrected chi connectivity index (χ2v) is 6.12. The van der Waals surface area contributed by atoms with Crippen molar-refractivity contribution in [2.45, 2.75) is 18.9 Å². The van der Waals surface area contributed by atoms with Gasteiger partial charge in [0, 0.05) is 13.5 Å². The van der Waals surface area contributed by atoms with Crippen LogP contribution in [-0.2, 0) is 11.2 Å². The fraction of sp³-hybridized carbons (Fsp3) is 0.350. The van der Waals surface area contributed by atoms with Crippen LogP contribution >= 0.6 is 0 Å². The quantitative estimate of drug-likeness (QED) is 0.811. The van der Waals surface area contributed by atoms with E-state index in [1.165, 1.54) is 0 Å². The topological polar surface area (TPSA) is 48.0 Å². The first kappa shape index (κ1) is 17.1. The summed E-state index contributed by atoms with van der Waals surface area (Å²) in [7, 11) is 3.45. The third kappa shape index (κ3) is 4.44. The Morgan fingerprint density at radius 3 is 2.60 bits per heavy atom. The van der Waals surface area contributed by atoms with Gasteiger partial charge in [0.05, 0.1) is 13.7 Å². The fourth-order valence-electron chi connectivity index (χ4n) is 2.79. The zero-order valence-electron chi connectivity index (χ0n) is 14.6. The molecule has 0 spiro atoms. The molecule has 25 heavy (non-hydrogen) atoms. The van der Waals surface area contributed by atoms with E-state index in [4.69, 9.17) is 14.2 Å². The Hall–Kier alpha value is -2.69. The van der Waals surface area contributed by atoms with Crippen LogP contribution in [0.2, 0.25) is 0 Å². The molecule has 3 rings (SSSR count). The maximum Gasteiger partial charge on any atom is 0.222 e. The van der Waals surface area contributed by atoms with Crippen molar-refractivity contribution in [2.24, 2.45) is 0 Å². The molecule has 0 saturated heterocycles. The van der Waals surface area contributed by atoms with Gasteiger partial charge in [0.15, 0.2) is 17.6 Å². The summed E-state index contributed by atoms with van der Waals surface area (Å²) in [5.41, 5.74) is 1.12. The van der Waals surface area contributed by atoms with E-state index in [-0.39, 0.29) is 12.0 Å². The highest BCUT2D eigenvalue weighted by Gasteiger charge is 2.23. The SMILES string of the molecule is COc1ccc(CCC(=O)N(C)CC2COc3ccccc3O2)cc1. The van der Waals surface area contributed by atoms with E-state index in [2.05, 4.69) is 0 Å². The Kier molecular flexibility index (Phi) is 5.43. The number of ether oxygens (including phenoxy) is 3. The molecular formula is C20H23NO4. The van der Waals surface area contributed by atoms with Gasteiger partial charge in [0.25, 0.3) is 0 Å². The molecular weight excluding hydrogens is 318 g/mol. The molecule has 0 fully saturated rings. The minimum Gasteiger partial charge on any atom is -0.497 e. The third-order valence-electron chi connectivity index (χ3n) is 4.26. The number of carbonyl (C=O) groups is 1. The van der Waals surface area contributed by atoms with Gasteiger partial charge in [-0.3, -0.25) is 4.79 Å². The molecule has 0 saturated carbocycles. The van der Waals surface area contributed by atoms with Crippen LogP contribution in [0, 0.1) is 0 Å². The molecule has 0 bridgehead atoms. The van der Waals surface area contributed by atoms with Crippen molar-refractivity contribution in [1.82, 2.24) is 4.90 Å². The second kappa shape index (κ2) is 7.92. The van der Waals surface area contributed by atoms with Gasteiger partial charge < -0.3 is 19.1 Å². The van der Waals surface area contributed by atoms with E-state index in [0.717, 1.165) is 22.8 Å². The summed E-state index contributed by atoms with van der Waals surface area (Å²) in [6, 6.07) is 15.4. The van der Waals surface area contributed by atoms with E-state index < -0.39 is 0 Å². The standard InChI is InChI=1S/C20H23NO4/c1-21(13-17-14-24-18-5-3-4-6-19(18)25-17)20(22)12-9-15-7-10-16(23-2)11-8-15/h3-8,10-11,17H,9,12-14H2,1-2H3. The van der Waals surface area contributed by atoms with E-state index >= 15 is 0 Å². The third-order valence-corrected chi connectivity index (χ3v) is 4.26. The van der Waals surface area contributed by atoms with Crippen LogP contribution < -0.4 is 14.2 Å². The lowest BCUT2D eigenvalue weighted by Crippen LogP contribution is -2.41. The largest absolute Gasteiger partial charge is 0.497 e. The molecule has 2 aromatic carbocycles. The predicted octanol–water partition coefficient (Wildman–Crippen LogP) is 2.93. The highest BCUT2D eigenvalue weighted by molar-refractivity contribution is 5.76. The van der Waals surface area contributed by atoms with E-state index in [1.54, 1.807) is 19.1 Å². The molecule has 2 aromatic rings. The normalized spacial score (nSPS) is 15.5. The van der Waals surface area contributed by atoms with E-state index in [9.17, 15) is 4.79 Å². The Morgan fingerprint density at radius 2 is 1.88 bits per heavy atom. The predicted molar refractivity (Wildman–Crippen MR) is 95.3 cm³/mol. The molecule has 5 heteroatoms. The van der Waals surface area contributed by atoms with Gasteiger partial charge in [-0.15, -0.1) is 0 Å². The van der Waals surface area contributed by atoms with Crippen LogP contribution in [0.15, 0.2) is 48.5 Å². The van der Waals surface area contributed by atoms with Gasteiger partial charge in [-0.25, -0.2) is 0 Å². The summed E-state index contributed by atoms with van der Waals surface area (Å²) < 4.78 is 16.7. The minimum absolute atomic E-state index is 0.0956. The number of hydrogen-bond acceptors (Lipinski definition) is 4. The second-order valence-electron chi connectivity index (χ2n) is 6.12. The average Bonchev–Trinajstić information content (AvgIpc) is 2.66. The van der Waals surface area contributed by atoms with Crippen molar-refractivity contribution in [3.8, 4) is 17.2 Å². The van der Waals surface area contributed by atoms with Gasteiger partial charge in [-0.1, -0.05) is 24.3 Å². The smallest absolute Gasteiger partial charge is 0.222 e. The fourth-order valence-corrected chi connectivity index (χ4v) is 2.79. The zero-order chi connectivity index (χ0) is 17.6. The van der Waals surface area contributed by atoms with Crippen molar-refractivity contribution in [3.63, 3.8) is 0 Å². The Morgan fingerprint density at radius 1 is 1.16 bits per heavy atom. The zero-order valence-corrected chi connectivity index (χ0v) is 14.6. The van der Waals surface area contributed by atoms with Gasteiger partial charge in [-0.2, -0.15) is 0 Å². The van der Waals surface area contributed by atoms with Crippen molar-refractivity contribution >= 4 is 5.91 Å². The van der Waals surface area contributed by atoms with Crippen LogP contribution in [0.4, 0.5) is 0 Å². The minimum atomic E-state index is -0.148. The Labute approximate surface area is 148 Å². The summed E-state index contributed by atoms with van der Waals surface area (Å²) in [5, 5.41) is 0. The monoisotopic (exact) mass is 341 g/mol. The molecule has 0 aliphatic carbocycles. The number of benzene rings is 2. The molecule has 132 valence electrons. The van der Waals surface area contributed by atoms with Gasteiger partial charge in [0.2, 0.25) is 5.91 Å². The van der Waals surface area contributed by atoms with Crippen LogP contribution in [0.1, 0.15) is 12.0 Å². The Balaban J connectivity index is 1.47. The molecule has 0 radical (unpaired) electrons. The number of rotatable bonds is 6. The Bertz CT molecular complexity index is 714. The molecule has 0 N–H and O–H groups in total. The van der Waals surface area contributed by atoms with Gasteiger partial charge in [0.1, 0.15) is 12.4 Å².